The molecule has 0 aliphatic rings. The van der Waals surface area contributed by atoms with Crippen LogP contribution in [0.1, 0.15) is 21.7 Å². The molecule has 0 amide bonds. The average Bonchev–Trinajstić information content (AvgIpc) is 2.96. The number of furan rings is 1. The van der Waals surface area contributed by atoms with E-state index >= 15 is 0 Å². The first-order valence-corrected chi connectivity index (χ1v) is 6.97. The predicted molar refractivity (Wildman–Crippen MR) is 81.5 cm³/mol. The van der Waals surface area contributed by atoms with Crippen LogP contribution in [0.3, 0.4) is 0 Å². The first kappa shape index (κ1) is 16.1. The molecule has 0 bridgehead atoms. The smallest absolute Gasteiger partial charge is 0.420 e. The van der Waals surface area contributed by atoms with Crippen molar-refractivity contribution in [2.45, 2.75) is 12.7 Å². The number of fused-ring (bicyclic) bond motifs is 1. The molecule has 0 spiro atoms. The summed E-state index contributed by atoms with van der Waals surface area (Å²) in [6.07, 6.45) is -4.58. The molecule has 0 saturated heterocycles. The summed E-state index contributed by atoms with van der Waals surface area (Å²) >= 11 is 0. The van der Waals surface area contributed by atoms with Crippen LogP contribution in [0.2, 0.25) is 0 Å². The standard InChI is InChI=1S/C17H12F3NO3/c18-17(19,20)14-7-11(5-12-6-13(8-21)24-15(12)14)9-1-3-10(4-2-9)16(22)23/h1-7H,8,21H2,(H,22,23). The summed E-state index contributed by atoms with van der Waals surface area (Å²) in [4.78, 5) is 10.9. The third kappa shape index (κ3) is 2.85. The van der Waals surface area contributed by atoms with Gasteiger partial charge in [-0.05, 0) is 41.5 Å². The summed E-state index contributed by atoms with van der Waals surface area (Å²) in [6.45, 7) is -0.00534. The topological polar surface area (TPSA) is 76.5 Å². The molecule has 0 aliphatic heterocycles. The van der Waals surface area contributed by atoms with Crippen LogP contribution in [0.5, 0.6) is 0 Å². The fourth-order valence-corrected chi connectivity index (χ4v) is 2.49. The van der Waals surface area contributed by atoms with Crippen molar-refractivity contribution in [1.82, 2.24) is 0 Å². The van der Waals surface area contributed by atoms with Crippen molar-refractivity contribution in [3.8, 4) is 11.1 Å². The number of rotatable bonds is 3. The van der Waals surface area contributed by atoms with E-state index in [0.29, 0.717) is 16.5 Å². The molecule has 3 aromatic rings. The molecule has 0 atom stereocenters. The molecule has 0 unspecified atom stereocenters. The monoisotopic (exact) mass is 335 g/mol. The van der Waals surface area contributed by atoms with E-state index in [1.807, 2.05) is 0 Å². The van der Waals surface area contributed by atoms with Crippen molar-refractivity contribution in [3.05, 3.63) is 59.4 Å². The van der Waals surface area contributed by atoms with Crippen molar-refractivity contribution in [3.63, 3.8) is 0 Å². The van der Waals surface area contributed by atoms with Crippen LogP contribution in [0.15, 0.2) is 46.9 Å². The highest BCUT2D eigenvalue weighted by atomic mass is 19.4. The highest BCUT2D eigenvalue weighted by Crippen LogP contribution is 2.39. The highest BCUT2D eigenvalue weighted by molar-refractivity contribution is 5.90. The lowest BCUT2D eigenvalue weighted by molar-refractivity contribution is -0.136. The Morgan fingerprint density at radius 1 is 1.08 bits per heavy atom. The Balaban J connectivity index is 2.19. The van der Waals surface area contributed by atoms with Gasteiger partial charge in [-0.1, -0.05) is 12.1 Å². The Hall–Kier alpha value is -2.80. The molecule has 0 fully saturated rings. The van der Waals surface area contributed by atoms with E-state index < -0.39 is 17.7 Å². The van der Waals surface area contributed by atoms with Gasteiger partial charge in [0.25, 0.3) is 0 Å². The lowest BCUT2D eigenvalue weighted by Gasteiger charge is -2.10. The minimum absolute atomic E-state index is 0.00534. The number of carboxylic acids is 1. The zero-order chi connectivity index (χ0) is 17.5. The maximum atomic E-state index is 13.3. The van der Waals surface area contributed by atoms with Gasteiger partial charge in [-0.15, -0.1) is 0 Å². The first-order chi connectivity index (χ1) is 11.3. The second-order valence-corrected chi connectivity index (χ2v) is 5.24. The molecule has 2 aromatic carbocycles. The lowest BCUT2D eigenvalue weighted by Crippen LogP contribution is -2.05. The number of carboxylic acid groups (broad SMARTS) is 1. The fourth-order valence-electron chi connectivity index (χ4n) is 2.49. The van der Waals surface area contributed by atoms with Crippen molar-refractivity contribution >= 4 is 16.9 Å². The van der Waals surface area contributed by atoms with Gasteiger partial charge in [-0.2, -0.15) is 13.2 Å². The van der Waals surface area contributed by atoms with Gasteiger partial charge < -0.3 is 15.3 Å². The summed E-state index contributed by atoms with van der Waals surface area (Å²) in [7, 11) is 0. The third-order valence-corrected chi connectivity index (χ3v) is 3.64. The maximum absolute atomic E-state index is 13.3. The molecule has 1 aromatic heterocycles. The van der Waals surface area contributed by atoms with E-state index in [2.05, 4.69) is 0 Å². The Kier molecular flexibility index (Phi) is 3.81. The molecule has 7 heteroatoms. The van der Waals surface area contributed by atoms with Gasteiger partial charge in [-0.3, -0.25) is 0 Å². The normalized spacial score (nSPS) is 11.8. The summed E-state index contributed by atoms with van der Waals surface area (Å²) in [5.74, 6) is -0.843. The van der Waals surface area contributed by atoms with Crippen LogP contribution < -0.4 is 5.73 Å². The Morgan fingerprint density at radius 2 is 1.75 bits per heavy atom. The van der Waals surface area contributed by atoms with Crippen molar-refractivity contribution in [2.75, 3.05) is 0 Å². The number of aromatic carboxylic acids is 1. The van der Waals surface area contributed by atoms with E-state index in [9.17, 15) is 18.0 Å². The van der Waals surface area contributed by atoms with Crippen molar-refractivity contribution in [2.24, 2.45) is 5.73 Å². The summed E-state index contributed by atoms with van der Waals surface area (Å²) in [6, 6.07) is 9.64. The first-order valence-electron chi connectivity index (χ1n) is 6.97. The number of hydrogen-bond donors (Lipinski definition) is 2. The minimum atomic E-state index is -4.58. The molecule has 4 nitrogen and oxygen atoms in total. The van der Waals surface area contributed by atoms with Crippen LogP contribution in [0.4, 0.5) is 13.2 Å². The molecule has 1 heterocycles. The maximum Gasteiger partial charge on any atom is 0.420 e. The van der Waals surface area contributed by atoms with Gasteiger partial charge in [0.1, 0.15) is 11.3 Å². The number of alkyl halides is 3. The number of nitrogens with two attached hydrogens (primary N) is 1. The van der Waals surface area contributed by atoms with E-state index in [-0.39, 0.29) is 23.5 Å². The molecule has 0 radical (unpaired) electrons. The van der Waals surface area contributed by atoms with Gasteiger partial charge >= 0.3 is 12.1 Å². The molecule has 3 rings (SSSR count). The van der Waals surface area contributed by atoms with Gasteiger partial charge in [0.15, 0.2) is 0 Å². The predicted octanol–water partition coefficient (Wildman–Crippen LogP) is 4.28. The van der Waals surface area contributed by atoms with Gasteiger partial charge in [0.05, 0.1) is 17.7 Å². The Bertz CT molecular complexity index is 911. The third-order valence-electron chi connectivity index (χ3n) is 3.64. The van der Waals surface area contributed by atoms with E-state index in [1.54, 1.807) is 6.07 Å². The zero-order valence-electron chi connectivity index (χ0n) is 12.2. The Morgan fingerprint density at radius 3 is 2.29 bits per heavy atom. The SMILES string of the molecule is NCc1cc2cc(-c3ccc(C(=O)O)cc3)cc(C(F)(F)F)c2o1. The number of carbonyl (C=O) groups is 1. The minimum Gasteiger partial charge on any atom is -0.478 e. The average molecular weight is 335 g/mol. The van der Waals surface area contributed by atoms with Gasteiger partial charge in [-0.25, -0.2) is 4.79 Å². The largest absolute Gasteiger partial charge is 0.478 e. The zero-order valence-corrected chi connectivity index (χ0v) is 12.2. The van der Waals surface area contributed by atoms with Crippen LogP contribution in [-0.2, 0) is 12.7 Å². The van der Waals surface area contributed by atoms with Crippen molar-refractivity contribution < 1.29 is 27.5 Å². The second kappa shape index (κ2) is 5.68. The van der Waals surface area contributed by atoms with E-state index in [4.69, 9.17) is 15.3 Å². The van der Waals surface area contributed by atoms with E-state index in [1.165, 1.54) is 30.3 Å². The van der Waals surface area contributed by atoms with Gasteiger partial charge in [0.2, 0.25) is 0 Å². The number of benzene rings is 2. The molecule has 3 N–H and O–H groups in total. The summed E-state index contributed by atoms with van der Waals surface area (Å²) in [5, 5.41) is 9.19. The second-order valence-electron chi connectivity index (χ2n) is 5.24. The number of halogens is 3. The molecule has 0 saturated carbocycles. The van der Waals surface area contributed by atoms with Crippen LogP contribution in [0.25, 0.3) is 22.1 Å². The molecule has 0 aliphatic carbocycles. The van der Waals surface area contributed by atoms with Crippen molar-refractivity contribution in [1.29, 1.82) is 0 Å². The molecular formula is C17H12F3NO3. The lowest BCUT2D eigenvalue weighted by atomic mass is 9.99. The summed E-state index contributed by atoms with van der Waals surface area (Å²) < 4.78 is 45.2. The quantitative estimate of drug-likeness (QED) is 0.749. The summed E-state index contributed by atoms with van der Waals surface area (Å²) in [5.41, 5.74) is 5.14. The van der Waals surface area contributed by atoms with E-state index in [0.717, 1.165) is 6.07 Å². The highest BCUT2D eigenvalue weighted by Gasteiger charge is 2.35. The van der Waals surface area contributed by atoms with Crippen LogP contribution in [-0.4, -0.2) is 11.1 Å². The Labute approximate surface area is 134 Å². The van der Waals surface area contributed by atoms with Crippen LogP contribution in [0, 0.1) is 0 Å². The molecular weight excluding hydrogens is 323 g/mol. The van der Waals surface area contributed by atoms with Crippen LogP contribution >= 0.6 is 0 Å². The fraction of sp³-hybridized carbons (Fsp3) is 0.118. The van der Waals surface area contributed by atoms with Gasteiger partial charge in [0, 0.05) is 5.39 Å². The molecule has 24 heavy (non-hydrogen) atoms. The number of hydrogen-bond acceptors (Lipinski definition) is 3. The molecule has 124 valence electrons.